The number of rotatable bonds is 2. The summed E-state index contributed by atoms with van der Waals surface area (Å²) in [6.45, 7) is -0.493. The minimum Gasteiger partial charge on any atom is -0.394 e. The topological polar surface area (TPSA) is 166 Å². The van der Waals surface area contributed by atoms with E-state index in [4.69, 9.17) is 21.0 Å². The second-order valence-corrected chi connectivity index (χ2v) is 5.72. The lowest BCUT2D eigenvalue weighted by atomic mass is 10.1. The molecule has 1 aliphatic rings. The fourth-order valence-corrected chi connectivity index (χ4v) is 2.60. The number of nitrogens with one attached hydrogen (secondary N) is 1. The van der Waals surface area contributed by atoms with Crippen molar-refractivity contribution in [2.45, 2.75) is 24.5 Å². The van der Waals surface area contributed by atoms with E-state index < -0.39 is 42.9 Å². The number of aliphatic hydroxyl groups excluding tert-OH is 3. The summed E-state index contributed by atoms with van der Waals surface area (Å²) in [5.41, 5.74) is 5.92. The molecule has 4 atom stereocenters. The van der Waals surface area contributed by atoms with E-state index in [0.29, 0.717) is 5.56 Å². The third-order valence-electron chi connectivity index (χ3n) is 3.23. The second kappa shape index (κ2) is 8.11. The van der Waals surface area contributed by atoms with Crippen molar-refractivity contribution >= 4 is 28.9 Å². The van der Waals surface area contributed by atoms with Crippen molar-refractivity contribution < 1.29 is 30.2 Å². The Morgan fingerprint density at radius 3 is 2.79 bits per heavy atom. The fraction of sp³-hybridized carbons (Fsp3) is 0.357. The van der Waals surface area contributed by atoms with Crippen molar-refractivity contribution in [3.8, 4) is 11.8 Å². The zero-order chi connectivity index (χ0) is 17.7. The van der Waals surface area contributed by atoms with E-state index in [1.165, 1.54) is 11.3 Å². The number of quaternary nitrogens is 1. The van der Waals surface area contributed by atoms with E-state index in [2.05, 4.69) is 16.8 Å². The molecule has 0 saturated carbocycles. The van der Waals surface area contributed by atoms with Crippen molar-refractivity contribution in [1.29, 1.82) is 5.41 Å². The van der Waals surface area contributed by atoms with E-state index >= 15 is 0 Å². The van der Waals surface area contributed by atoms with Crippen LogP contribution in [0.4, 0.5) is 0 Å². The maximum atomic E-state index is 11.5. The predicted octanol–water partition coefficient (Wildman–Crippen LogP) is -3.04. The quantitative estimate of drug-likeness (QED) is 0.189. The molecule has 10 heteroatoms. The van der Waals surface area contributed by atoms with E-state index in [0.717, 1.165) is 5.32 Å². The van der Waals surface area contributed by atoms with Gasteiger partial charge in [0.15, 0.2) is 6.10 Å². The lowest BCUT2D eigenvalue weighted by Crippen LogP contribution is -2.97. The highest BCUT2D eigenvalue weighted by Crippen LogP contribution is 2.16. The number of hydrogen-bond donors (Lipinski definition) is 6. The molecule has 24 heavy (non-hydrogen) atoms. The van der Waals surface area contributed by atoms with Gasteiger partial charge in [-0.05, 0) is 17.4 Å². The average molecular weight is 353 g/mol. The molecule has 128 valence electrons. The van der Waals surface area contributed by atoms with Crippen molar-refractivity contribution in [1.82, 2.24) is 0 Å². The first-order valence-corrected chi connectivity index (χ1v) is 7.85. The molecule has 1 fully saturated rings. The van der Waals surface area contributed by atoms with Crippen molar-refractivity contribution in [3.63, 3.8) is 0 Å². The number of carbonyl (C=O) groups is 1. The van der Waals surface area contributed by atoms with Crippen LogP contribution in [0.1, 0.15) is 5.56 Å². The number of aliphatic imine (C=N–C) groups is 1. The van der Waals surface area contributed by atoms with Gasteiger partial charge in [-0.15, -0.1) is 0 Å². The number of thiophene rings is 1. The summed E-state index contributed by atoms with van der Waals surface area (Å²) in [5, 5.41) is 41.0. The van der Waals surface area contributed by atoms with Gasteiger partial charge >= 0.3 is 5.91 Å². The Kier molecular flexibility index (Phi) is 6.16. The molecule has 2 unspecified atom stereocenters. The van der Waals surface area contributed by atoms with Gasteiger partial charge in [-0.3, -0.25) is 15.5 Å². The number of nitrogens with zero attached hydrogens (tertiary/aromatic N) is 1. The molecular formula is C14H17N4O5S+. The molecule has 0 bridgehead atoms. The number of amidine groups is 2. The summed E-state index contributed by atoms with van der Waals surface area (Å²) >= 11 is 1.46. The van der Waals surface area contributed by atoms with E-state index in [1.807, 2.05) is 5.38 Å². The van der Waals surface area contributed by atoms with Gasteiger partial charge in [0.25, 0.3) is 5.84 Å². The molecule has 2 heterocycles. The maximum absolute atomic E-state index is 11.5. The number of amides is 1. The van der Waals surface area contributed by atoms with Crippen LogP contribution in [0.3, 0.4) is 0 Å². The third kappa shape index (κ3) is 4.45. The Morgan fingerprint density at radius 1 is 1.50 bits per heavy atom. The van der Waals surface area contributed by atoms with Gasteiger partial charge in [0.2, 0.25) is 12.1 Å². The van der Waals surface area contributed by atoms with Crippen LogP contribution >= 0.6 is 11.3 Å². The smallest absolute Gasteiger partial charge is 0.323 e. The average Bonchev–Trinajstić information content (AvgIpc) is 3.15. The molecule has 1 aliphatic heterocycles. The van der Waals surface area contributed by atoms with E-state index in [-0.39, 0.29) is 5.84 Å². The third-order valence-corrected chi connectivity index (χ3v) is 3.92. The molecule has 2 rings (SSSR count). The summed E-state index contributed by atoms with van der Waals surface area (Å²) in [4.78, 5) is 15.2. The zero-order valence-electron chi connectivity index (χ0n) is 12.4. The molecule has 1 aromatic rings. The van der Waals surface area contributed by atoms with Crippen LogP contribution < -0.4 is 11.1 Å². The molecule has 9 nitrogen and oxygen atoms in total. The Morgan fingerprint density at radius 2 is 2.25 bits per heavy atom. The summed E-state index contributed by atoms with van der Waals surface area (Å²) in [7, 11) is 0. The number of nitrogens with two attached hydrogens (primary N) is 2. The second-order valence-electron chi connectivity index (χ2n) is 4.94. The molecule has 1 aromatic heterocycles. The number of carbonyl (C=O) groups excluding carboxylic acids is 1. The monoisotopic (exact) mass is 353 g/mol. The van der Waals surface area contributed by atoms with Gasteiger partial charge in [0.1, 0.15) is 12.2 Å². The Bertz CT molecular complexity index is 694. The molecule has 1 amide bonds. The molecule has 0 aliphatic carbocycles. The highest BCUT2D eigenvalue weighted by molar-refractivity contribution is 7.08. The Balaban J connectivity index is 2.09. The SMILES string of the molecule is N=C(C#Cc1ccsc1)N=C([NH2+][C@@H]1O[C@H](CO)C(O)C1O)C(N)=O. The first-order chi connectivity index (χ1) is 11.4. The van der Waals surface area contributed by atoms with Gasteiger partial charge in [-0.25, -0.2) is 0 Å². The van der Waals surface area contributed by atoms with Gasteiger partial charge < -0.3 is 25.8 Å². The summed E-state index contributed by atoms with van der Waals surface area (Å²) in [5.74, 6) is 3.52. The Hall–Kier alpha value is -2.13. The number of aliphatic hydroxyl groups is 3. The lowest BCUT2D eigenvalue weighted by Gasteiger charge is -2.12. The van der Waals surface area contributed by atoms with Crippen LogP contribution in [0, 0.1) is 17.3 Å². The van der Waals surface area contributed by atoms with Crippen molar-refractivity contribution in [2.24, 2.45) is 10.7 Å². The minimum absolute atomic E-state index is 0.325. The Labute approximate surface area is 141 Å². The largest absolute Gasteiger partial charge is 0.394 e. The van der Waals surface area contributed by atoms with Crippen LogP contribution in [-0.4, -0.2) is 64.0 Å². The first kappa shape index (κ1) is 18.2. The number of hydrogen-bond acceptors (Lipinski definition) is 7. The van der Waals surface area contributed by atoms with Gasteiger partial charge in [-0.2, -0.15) is 16.3 Å². The van der Waals surface area contributed by atoms with Crippen LogP contribution in [-0.2, 0) is 9.53 Å². The molecule has 0 radical (unpaired) electrons. The first-order valence-electron chi connectivity index (χ1n) is 6.91. The predicted molar refractivity (Wildman–Crippen MR) is 85.2 cm³/mol. The van der Waals surface area contributed by atoms with Crippen molar-refractivity contribution in [2.75, 3.05) is 6.61 Å². The van der Waals surface area contributed by atoms with Gasteiger partial charge in [0.05, 0.1) is 6.61 Å². The van der Waals surface area contributed by atoms with E-state index in [9.17, 15) is 15.0 Å². The molecule has 0 spiro atoms. The van der Waals surface area contributed by atoms with Crippen LogP contribution in [0.15, 0.2) is 21.8 Å². The zero-order valence-corrected chi connectivity index (χ0v) is 13.2. The molecular weight excluding hydrogens is 336 g/mol. The highest BCUT2D eigenvalue weighted by atomic mass is 32.1. The number of primary amides is 1. The molecule has 1 saturated heterocycles. The van der Waals surface area contributed by atoms with Crippen LogP contribution in [0.2, 0.25) is 0 Å². The summed E-state index contributed by atoms with van der Waals surface area (Å²) in [6.07, 6.45) is -4.71. The molecule has 8 N–H and O–H groups in total. The number of ether oxygens (including phenoxy) is 1. The molecule has 0 aromatic carbocycles. The lowest BCUT2D eigenvalue weighted by molar-refractivity contribution is -0.633. The van der Waals surface area contributed by atoms with Crippen LogP contribution in [0.5, 0.6) is 0 Å². The normalized spacial score (nSPS) is 26.7. The van der Waals surface area contributed by atoms with E-state index in [1.54, 1.807) is 11.4 Å². The maximum Gasteiger partial charge on any atom is 0.323 e. The summed E-state index contributed by atoms with van der Waals surface area (Å²) < 4.78 is 5.22. The standard InChI is InChI=1S/C14H16N4O5S/c15-9(2-1-7-3-4-24-6-7)17-13(12(16)22)18-14-11(21)10(20)8(5-19)23-14/h3-4,6,8,10-11,14,19-21H,5H2,(H2,16,22)(H2,15,17,18)/p+1/t8-,10?,11?,14-/m1/s1. The highest BCUT2D eigenvalue weighted by Gasteiger charge is 2.46. The minimum atomic E-state index is -1.35. The van der Waals surface area contributed by atoms with Gasteiger partial charge in [-0.1, -0.05) is 5.92 Å². The summed E-state index contributed by atoms with van der Waals surface area (Å²) in [6, 6.07) is 1.77. The van der Waals surface area contributed by atoms with Gasteiger partial charge in [0, 0.05) is 10.9 Å². The van der Waals surface area contributed by atoms with Crippen molar-refractivity contribution in [3.05, 3.63) is 22.4 Å². The van der Waals surface area contributed by atoms with Crippen LogP contribution in [0.25, 0.3) is 0 Å². The fourth-order valence-electron chi connectivity index (χ4n) is 2.01.